The van der Waals surface area contributed by atoms with E-state index in [2.05, 4.69) is 10.3 Å². The summed E-state index contributed by atoms with van der Waals surface area (Å²) in [5, 5.41) is 24.2. The number of nitrogens with zero attached hydrogens (tertiary/aromatic N) is 2. The average molecular weight is 322 g/mol. The molecule has 1 aromatic heterocycles. The molecule has 1 aromatic carbocycles. The van der Waals surface area contributed by atoms with Gasteiger partial charge in [-0.25, -0.2) is 4.98 Å². The first-order valence-electron chi connectivity index (χ1n) is 6.72. The minimum atomic E-state index is -0.985. The van der Waals surface area contributed by atoms with Crippen LogP contribution in [0.2, 0.25) is 5.02 Å². The summed E-state index contributed by atoms with van der Waals surface area (Å²) in [5.41, 5.74) is -0.326. The number of anilines is 1. The zero-order valence-electron chi connectivity index (χ0n) is 12.0. The van der Waals surface area contributed by atoms with Crippen LogP contribution >= 0.6 is 11.6 Å². The van der Waals surface area contributed by atoms with Crippen LogP contribution in [0.25, 0.3) is 0 Å². The van der Waals surface area contributed by atoms with E-state index in [1.807, 2.05) is 30.3 Å². The van der Waals surface area contributed by atoms with Crippen LogP contribution in [0.5, 0.6) is 0 Å². The Morgan fingerprint density at radius 2 is 2.09 bits per heavy atom. The Hall–Kier alpha value is -2.18. The van der Waals surface area contributed by atoms with Gasteiger partial charge in [-0.3, -0.25) is 10.1 Å². The normalized spacial score (nSPS) is 13.4. The molecule has 0 bridgehead atoms. The fourth-order valence-corrected chi connectivity index (χ4v) is 2.25. The lowest BCUT2D eigenvalue weighted by Gasteiger charge is -2.24. The van der Waals surface area contributed by atoms with Crippen molar-refractivity contribution in [2.75, 3.05) is 11.9 Å². The summed E-state index contributed by atoms with van der Waals surface area (Å²) in [6.07, 6.45) is 1.58. The monoisotopic (exact) mass is 321 g/mol. The molecule has 0 spiro atoms. The number of hydrogen-bond acceptors (Lipinski definition) is 5. The Morgan fingerprint density at radius 3 is 2.68 bits per heavy atom. The molecular formula is C15H16ClN3O3. The molecule has 0 saturated carbocycles. The number of nitrogens with one attached hydrogen (secondary N) is 1. The van der Waals surface area contributed by atoms with Gasteiger partial charge in [-0.15, -0.1) is 0 Å². The second kappa shape index (κ2) is 6.72. The molecule has 0 aliphatic rings. The average Bonchev–Trinajstić information content (AvgIpc) is 2.49. The van der Waals surface area contributed by atoms with Crippen LogP contribution in [0.15, 0.2) is 42.6 Å². The van der Waals surface area contributed by atoms with Crippen molar-refractivity contribution in [3.63, 3.8) is 0 Å². The Kier molecular flexibility index (Phi) is 4.95. The molecule has 116 valence electrons. The van der Waals surface area contributed by atoms with E-state index < -0.39 is 10.5 Å². The van der Waals surface area contributed by atoms with Gasteiger partial charge in [0.25, 0.3) is 5.69 Å². The number of halogens is 1. The third-order valence-electron chi connectivity index (χ3n) is 3.34. The number of benzene rings is 1. The van der Waals surface area contributed by atoms with Crippen molar-refractivity contribution in [3.05, 3.63) is 63.3 Å². The lowest BCUT2D eigenvalue weighted by molar-refractivity contribution is -0.385. The van der Waals surface area contributed by atoms with Crippen LogP contribution < -0.4 is 5.32 Å². The summed E-state index contributed by atoms with van der Waals surface area (Å²) in [7, 11) is 0. The van der Waals surface area contributed by atoms with Crippen molar-refractivity contribution in [1.82, 2.24) is 4.98 Å². The van der Waals surface area contributed by atoms with Gasteiger partial charge in [-0.05, 0) is 18.9 Å². The van der Waals surface area contributed by atoms with Gasteiger partial charge in [0.15, 0.2) is 0 Å². The molecule has 0 fully saturated rings. The van der Waals surface area contributed by atoms with Gasteiger partial charge in [0.1, 0.15) is 12.0 Å². The Labute approximate surface area is 132 Å². The molecular weight excluding hydrogens is 306 g/mol. The number of hydrogen-bond donors (Lipinski definition) is 2. The van der Waals surface area contributed by atoms with E-state index in [1.165, 1.54) is 6.07 Å². The van der Waals surface area contributed by atoms with Gasteiger partial charge in [0.05, 0.1) is 15.5 Å². The molecule has 1 heterocycles. The van der Waals surface area contributed by atoms with E-state index in [9.17, 15) is 15.2 Å². The summed E-state index contributed by atoms with van der Waals surface area (Å²) in [5.74, 6) is 0.358. The third kappa shape index (κ3) is 3.93. The van der Waals surface area contributed by atoms with E-state index in [4.69, 9.17) is 11.6 Å². The van der Waals surface area contributed by atoms with Crippen molar-refractivity contribution in [1.29, 1.82) is 0 Å². The van der Waals surface area contributed by atoms with Crippen LogP contribution in [0.1, 0.15) is 18.9 Å². The third-order valence-corrected chi connectivity index (χ3v) is 3.63. The zero-order valence-corrected chi connectivity index (χ0v) is 12.7. The van der Waals surface area contributed by atoms with Crippen molar-refractivity contribution in [3.8, 4) is 0 Å². The van der Waals surface area contributed by atoms with Gasteiger partial charge in [-0.1, -0.05) is 41.9 Å². The predicted molar refractivity (Wildman–Crippen MR) is 85.0 cm³/mol. The minimum absolute atomic E-state index is 0.160. The highest BCUT2D eigenvalue weighted by Gasteiger charge is 2.22. The Morgan fingerprint density at radius 1 is 1.41 bits per heavy atom. The summed E-state index contributed by atoms with van der Waals surface area (Å²) in [6, 6.07) is 10.6. The highest BCUT2D eigenvalue weighted by atomic mass is 35.5. The zero-order chi connectivity index (χ0) is 16.2. The second-order valence-electron chi connectivity index (χ2n) is 5.10. The molecule has 7 heteroatoms. The molecule has 0 aliphatic carbocycles. The fourth-order valence-electron chi connectivity index (χ4n) is 2.02. The molecule has 1 atom stereocenters. The van der Waals surface area contributed by atoms with Gasteiger partial charge < -0.3 is 10.4 Å². The van der Waals surface area contributed by atoms with Crippen LogP contribution in [-0.4, -0.2) is 21.6 Å². The topological polar surface area (TPSA) is 88.3 Å². The molecule has 0 saturated heterocycles. The van der Waals surface area contributed by atoms with Gasteiger partial charge >= 0.3 is 0 Å². The molecule has 6 nitrogen and oxygen atoms in total. The minimum Gasteiger partial charge on any atom is -0.385 e. The SMILES string of the molecule is CC(O)(CCNc1ncc([N+](=O)[O-])cc1Cl)c1ccccc1. The van der Waals surface area contributed by atoms with Crippen LogP contribution in [0, 0.1) is 10.1 Å². The number of rotatable bonds is 6. The van der Waals surface area contributed by atoms with Crippen molar-refractivity contribution in [2.45, 2.75) is 18.9 Å². The van der Waals surface area contributed by atoms with Gasteiger partial charge in [0, 0.05) is 12.6 Å². The summed E-state index contributed by atoms with van der Waals surface area (Å²) in [4.78, 5) is 14.0. The highest BCUT2D eigenvalue weighted by molar-refractivity contribution is 6.33. The van der Waals surface area contributed by atoms with E-state index in [0.29, 0.717) is 18.8 Å². The molecule has 2 N–H and O–H groups in total. The largest absolute Gasteiger partial charge is 0.385 e. The molecule has 0 aliphatic heterocycles. The lowest BCUT2D eigenvalue weighted by Crippen LogP contribution is -2.24. The van der Waals surface area contributed by atoms with Crippen molar-refractivity contribution in [2.24, 2.45) is 0 Å². The summed E-state index contributed by atoms with van der Waals surface area (Å²) in [6.45, 7) is 2.15. The molecule has 1 unspecified atom stereocenters. The van der Waals surface area contributed by atoms with Crippen molar-refractivity contribution >= 4 is 23.1 Å². The van der Waals surface area contributed by atoms with E-state index in [1.54, 1.807) is 6.92 Å². The number of aromatic nitrogens is 1. The van der Waals surface area contributed by atoms with Gasteiger partial charge in [0.2, 0.25) is 0 Å². The Balaban J connectivity index is 1.98. The molecule has 0 radical (unpaired) electrons. The summed E-state index contributed by atoms with van der Waals surface area (Å²) >= 11 is 5.95. The molecule has 2 rings (SSSR count). The molecule has 22 heavy (non-hydrogen) atoms. The standard InChI is InChI=1S/C15H16ClN3O3/c1-15(20,11-5-3-2-4-6-11)7-8-17-14-13(16)9-12(10-18-14)19(21)22/h2-6,9-10,20H,7-8H2,1H3,(H,17,18). The van der Waals surface area contributed by atoms with Crippen molar-refractivity contribution < 1.29 is 10.0 Å². The first-order valence-corrected chi connectivity index (χ1v) is 7.09. The van der Waals surface area contributed by atoms with Crippen LogP contribution in [0.3, 0.4) is 0 Å². The van der Waals surface area contributed by atoms with Crippen LogP contribution in [0.4, 0.5) is 11.5 Å². The highest BCUT2D eigenvalue weighted by Crippen LogP contribution is 2.26. The number of pyridine rings is 1. The maximum atomic E-state index is 10.6. The molecule has 0 amide bonds. The van der Waals surface area contributed by atoms with E-state index in [-0.39, 0.29) is 10.7 Å². The van der Waals surface area contributed by atoms with E-state index in [0.717, 1.165) is 11.8 Å². The Bertz CT molecular complexity index is 662. The second-order valence-corrected chi connectivity index (χ2v) is 5.50. The first kappa shape index (κ1) is 16.2. The van der Waals surface area contributed by atoms with Crippen LogP contribution in [-0.2, 0) is 5.60 Å². The summed E-state index contributed by atoms with van der Waals surface area (Å²) < 4.78 is 0. The molecule has 2 aromatic rings. The fraction of sp³-hybridized carbons (Fsp3) is 0.267. The number of aliphatic hydroxyl groups is 1. The number of nitro groups is 1. The van der Waals surface area contributed by atoms with Gasteiger partial charge in [-0.2, -0.15) is 0 Å². The van der Waals surface area contributed by atoms with E-state index >= 15 is 0 Å². The lowest BCUT2D eigenvalue weighted by atomic mass is 9.93. The maximum absolute atomic E-state index is 10.6. The first-order chi connectivity index (χ1) is 10.4. The quantitative estimate of drug-likeness (QED) is 0.629. The smallest absolute Gasteiger partial charge is 0.289 e. The maximum Gasteiger partial charge on any atom is 0.289 e. The predicted octanol–water partition coefficient (Wildman–Crippen LogP) is 3.35.